The summed E-state index contributed by atoms with van der Waals surface area (Å²) in [7, 11) is -3.94. The van der Waals surface area contributed by atoms with E-state index in [2.05, 4.69) is 5.32 Å². The number of hydrogen-bond acceptors (Lipinski definition) is 4. The fraction of sp³-hybridized carbons (Fsp3) is 0.333. The minimum Gasteiger partial charge on any atom is -0.355 e. The Bertz CT molecular complexity index is 1100. The number of likely N-dealkylation sites (N-methyl/N-ethyl adjacent to an activating group) is 1. The molecule has 1 unspecified atom stereocenters. The molecule has 1 N–H and O–H groups in total. The third-order valence-electron chi connectivity index (χ3n) is 4.69. The molecule has 0 radical (unpaired) electrons. The molecule has 0 bridgehead atoms. The fourth-order valence-corrected chi connectivity index (χ4v) is 4.18. The number of hydrogen-bond donors (Lipinski definition) is 1. The number of nitrogens with zero attached hydrogens (tertiary/aromatic N) is 2. The molecule has 0 spiro atoms. The van der Waals surface area contributed by atoms with Gasteiger partial charge in [0, 0.05) is 18.1 Å². The van der Waals surface area contributed by atoms with E-state index in [1.165, 1.54) is 11.0 Å². The Morgan fingerprint density at radius 3 is 2.34 bits per heavy atom. The van der Waals surface area contributed by atoms with Gasteiger partial charge in [0.25, 0.3) is 0 Å². The monoisotopic (exact) mass is 503 g/mol. The Labute approximate surface area is 197 Å². The number of carbonyl (C=O) groups is 2. The van der Waals surface area contributed by atoms with Crippen LogP contribution in [0.2, 0.25) is 10.0 Å². The summed E-state index contributed by atoms with van der Waals surface area (Å²) in [4.78, 5) is 27.0. The van der Waals surface area contributed by atoms with E-state index in [0.29, 0.717) is 17.1 Å². The van der Waals surface area contributed by atoms with Crippen molar-refractivity contribution in [1.82, 2.24) is 10.2 Å². The highest BCUT2D eigenvalue weighted by atomic mass is 35.5. The lowest BCUT2D eigenvalue weighted by atomic mass is 10.1. The first-order valence-corrected chi connectivity index (χ1v) is 12.3. The Kier molecular flexibility index (Phi) is 8.89. The number of carbonyl (C=O) groups excluding carboxylic acids is 2. The largest absolute Gasteiger partial charge is 0.355 e. The maximum absolute atomic E-state index is 13.6. The molecule has 0 saturated carbocycles. The summed E-state index contributed by atoms with van der Waals surface area (Å²) in [5, 5.41) is 2.77. The smallest absolute Gasteiger partial charge is 0.244 e. The third kappa shape index (κ3) is 6.57. The molecule has 1 atom stereocenters. The second kappa shape index (κ2) is 11.0. The molecule has 32 heavy (non-hydrogen) atoms. The third-order valence-corrected chi connectivity index (χ3v) is 6.49. The Morgan fingerprint density at radius 2 is 1.78 bits per heavy atom. The highest BCUT2D eigenvalue weighted by molar-refractivity contribution is 7.92. The van der Waals surface area contributed by atoms with E-state index in [1.807, 2.05) is 0 Å². The van der Waals surface area contributed by atoms with Gasteiger partial charge in [-0.25, -0.2) is 12.8 Å². The van der Waals surface area contributed by atoms with Crippen molar-refractivity contribution in [2.75, 3.05) is 23.7 Å². The number of amides is 2. The van der Waals surface area contributed by atoms with Crippen molar-refractivity contribution in [3.8, 4) is 0 Å². The van der Waals surface area contributed by atoms with Crippen molar-refractivity contribution >= 4 is 50.7 Å². The van der Waals surface area contributed by atoms with Crippen molar-refractivity contribution in [2.24, 2.45) is 0 Å². The molecule has 2 amide bonds. The van der Waals surface area contributed by atoms with E-state index in [9.17, 15) is 22.4 Å². The minimum atomic E-state index is -3.94. The van der Waals surface area contributed by atoms with Gasteiger partial charge < -0.3 is 10.2 Å². The van der Waals surface area contributed by atoms with E-state index in [0.717, 1.165) is 22.7 Å². The second-order valence-corrected chi connectivity index (χ2v) is 9.77. The molecule has 2 aromatic carbocycles. The van der Waals surface area contributed by atoms with Crippen LogP contribution in [-0.2, 0) is 26.2 Å². The molecule has 7 nitrogen and oxygen atoms in total. The lowest BCUT2D eigenvalue weighted by Gasteiger charge is -2.31. The zero-order chi connectivity index (χ0) is 24.1. The number of sulfonamides is 1. The Morgan fingerprint density at radius 1 is 1.12 bits per heavy atom. The number of anilines is 1. The molecule has 0 aliphatic carbocycles. The number of benzene rings is 2. The average Bonchev–Trinajstić information content (AvgIpc) is 2.72. The molecule has 0 saturated heterocycles. The van der Waals surface area contributed by atoms with Crippen molar-refractivity contribution in [2.45, 2.75) is 26.4 Å². The summed E-state index contributed by atoms with van der Waals surface area (Å²) < 4.78 is 39.2. The number of rotatable bonds is 9. The van der Waals surface area contributed by atoms with E-state index in [-0.39, 0.29) is 17.3 Å². The quantitative estimate of drug-likeness (QED) is 0.567. The zero-order valence-electron chi connectivity index (χ0n) is 17.8. The fourth-order valence-electron chi connectivity index (χ4n) is 2.97. The molecule has 11 heteroatoms. The molecule has 174 valence electrons. The van der Waals surface area contributed by atoms with Crippen LogP contribution in [0.4, 0.5) is 10.1 Å². The number of halogens is 3. The van der Waals surface area contributed by atoms with Crippen LogP contribution >= 0.6 is 23.2 Å². The van der Waals surface area contributed by atoms with Gasteiger partial charge in [-0.15, -0.1) is 0 Å². The molecular formula is C21H24Cl2FN3O4S. The molecule has 0 fully saturated rings. The first kappa shape index (κ1) is 25.9. The van der Waals surface area contributed by atoms with Crippen molar-refractivity contribution in [3.05, 3.63) is 63.9 Å². The molecule has 2 rings (SSSR count). The predicted molar refractivity (Wildman–Crippen MR) is 124 cm³/mol. The van der Waals surface area contributed by atoms with Crippen LogP contribution in [0.15, 0.2) is 42.5 Å². The van der Waals surface area contributed by atoms with Crippen LogP contribution in [0.3, 0.4) is 0 Å². The van der Waals surface area contributed by atoms with Gasteiger partial charge in [0.2, 0.25) is 21.8 Å². The van der Waals surface area contributed by atoms with Gasteiger partial charge in [-0.2, -0.15) is 0 Å². The van der Waals surface area contributed by atoms with Crippen LogP contribution < -0.4 is 9.62 Å². The lowest BCUT2D eigenvalue weighted by molar-refractivity contribution is -0.139. The van der Waals surface area contributed by atoms with Gasteiger partial charge in [-0.1, -0.05) is 41.4 Å². The summed E-state index contributed by atoms with van der Waals surface area (Å²) in [6.07, 6.45) is 0.920. The summed E-state index contributed by atoms with van der Waals surface area (Å²) >= 11 is 12.0. The van der Waals surface area contributed by atoms with Crippen LogP contribution in [0.1, 0.15) is 19.4 Å². The van der Waals surface area contributed by atoms with E-state index in [1.54, 1.807) is 38.1 Å². The maximum atomic E-state index is 13.6. The Hall–Kier alpha value is -2.36. The van der Waals surface area contributed by atoms with Crippen LogP contribution in [-0.4, -0.2) is 50.5 Å². The normalized spacial score (nSPS) is 12.2. The SMILES string of the molecule is CCNC(=O)C(C)N(Cc1ccccc1Cl)C(=O)CN(c1ccc(F)c(Cl)c1)S(C)(=O)=O. The van der Waals surface area contributed by atoms with Crippen molar-refractivity contribution < 1.29 is 22.4 Å². The highest BCUT2D eigenvalue weighted by Gasteiger charge is 2.30. The molecule has 0 heterocycles. The van der Waals surface area contributed by atoms with Crippen LogP contribution in [0.25, 0.3) is 0 Å². The van der Waals surface area contributed by atoms with Gasteiger partial charge in [0.1, 0.15) is 18.4 Å². The van der Waals surface area contributed by atoms with Crippen LogP contribution in [0, 0.1) is 5.82 Å². The topological polar surface area (TPSA) is 86.8 Å². The van der Waals surface area contributed by atoms with Gasteiger partial charge >= 0.3 is 0 Å². The number of nitrogens with one attached hydrogen (secondary N) is 1. The second-order valence-electron chi connectivity index (χ2n) is 7.05. The standard InChI is InChI=1S/C21H24Cl2FN3O4S/c1-4-25-21(29)14(2)26(12-15-7-5-6-8-17(15)22)20(28)13-27(32(3,30)31)16-9-10-19(24)18(23)11-16/h5-11,14H,4,12-13H2,1-3H3,(H,25,29). The van der Waals surface area contributed by atoms with Crippen LogP contribution in [0.5, 0.6) is 0 Å². The van der Waals surface area contributed by atoms with Crippen molar-refractivity contribution in [3.63, 3.8) is 0 Å². The zero-order valence-corrected chi connectivity index (χ0v) is 20.1. The van der Waals surface area contributed by atoms with Gasteiger partial charge in [0.05, 0.1) is 17.0 Å². The van der Waals surface area contributed by atoms with E-state index in [4.69, 9.17) is 23.2 Å². The van der Waals surface area contributed by atoms with Gasteiger partial charge in [-0.05, 0) is 43.7 Å². The Balaban J connectivity index is 2.42. The summed E-state index contributed by atoms with van der Waals surface area (Å²) in [5.74, 6) is -1.77. The van der Waals surface area contributed by atoms with E-state index < -0.39 is 40.2 Å². The summed E-state index contributed by atoms with van der Waals surface area (Å²) in [6, 6.07) is 9.27. The molecular weight excluding hydrogens is 480 g/mol. The minimum absolute atomic E-state index is 0.0153. The lowest BCUT2D eigenvalue weighted by Crippen LogP contribution is -2.51. The molecule has 0 aromatic heterocycles. The predicted octanol–water partition coefficient (Wildman–Crippen LogP) is 3.45. The van der Waals surface area contributed by atoms with Crippen molar-refractivity contribution in [1.29, 1.82) is 0 Å². The maximum Gasteiger partial charge on any atom is 0.244 e. The van der Waals surface area contributed by atoms with Gasteiger partial charge in [-0.3, -0.25) is 13.9 Å². The van der Waals surface area contributed by atoms with Gasteiger partial charge in [0.15, 0.2) is 0 Å². The molecule has 0 aliphatic heterocycles. The first-order chi connectivity index (χ1) is 15.0. The molecule has 0 aliphatic rings. The summed E-state index contributed by atoms with van der Waals surface area (Å²) in [6.45, 7) is 3.02. The average molecular weight is 504 g/mol. The highest BCUT2D eigenvalue weighted by Crippen LogP contribution is 2.25. The first-order valence-electron chi connectivity index (χ1n) is 9.69. The summed E-state index contributed by atoms with van der Waals surface area (Å²) in [5.41, 5.74) is 0.616. The molecule has 2 aromatic rings. The van der Waals surface area contributed by atoms with E-state index >= 15 is 0 Å².